The number of ether oxygens (including phenoxy) is 2. The molecule has 0 unspecified atom stereocenters. The summed E-state index contributed by atoms with van der Waals surface area (Å²) in [5.74, 6) is -0.899. The van der Waals surface area contributed by atoms with Crippen molar-refractivity contribution in [2.75, 3.05) is 19.8 Å². The number of nitrogens with zero attached hydrogens (tertiary/aromatic N) is 1. The fourth-order valence-electron chi connectivity index (χ4n) is 2.12. The topological polar surface area (TPSA) is 93.1 Å². The number of carboxylic acid groups (broad SMARTS) is 1. The molecule has 0 radical (unpaired) electrons. The highest BCUT2D eigenvalue weighted by molar-refractivity contribution is 8.18. The lowest BCUT2D eigenvalue weighted by atomic mass is 10.1. The van der Waals surface area contributed by atoms with Gasteiger partial charge in [-0.15, -0.1) is 0 Å². The van der Waals surface area contributed by atoms with E-state index in [4.69, 9.17) is 14.6 Å². The molecule has 1 aromatic carbocycles. The van der Waals surface area contributed by atoms with Crippen molar-refractivity contribution in [1.82, 2.24) is 4.90 Å². The highest BCUT2D eigenvalue weighted by Gasteiger charge is 2.34. The second-order valence-electron chi connectivity index (χ2n) is 4.72. The molecular weight excluding hydrogens is 334 g/mol. The van der Waals surface area contributed by atoms with Gasteiger partial charge in [-0.1, -0.05) is 12.1 Å². The molecular formula is C16H17NO6S. The Morgan fingerprint density at radius 2 is 2.04 bits per heavy atom. The molecule has 1 fully saturated rings. The van der Waals surface area contributed by atoms with E-state index in [9.17, 15) is 14.4 Å². The highest BCUT2D eigenvalue weighted by Crippen LogP contribution is 2.37. The smallest absolute Gasteiger partial charge is 0.341 e. The molecule has 0 saturated carbocycles. The van der Waals surface area contributed by atoms with Gasteiger partial charge < -0.3 is 14.6 Å². The molecule has 24 heavy (non-hydrogen) atoms. The van der Waals surface area contributed by atoms with Crippen molar-refractivity contribution in [1.29, 1.82) is 0 Å². The second-order valence-corrected chi connectivity index (χ2v) is 5.71. The number of carboxylic acids is 1. The Balaban J connectivity index is 2.40. The van der Waals surface area contributed by atoms with Crippen LogP contribution in [-0.4, -0.2) is 46.9 Å². The second kappa shape index (κ2) is 7.87. The van der Waals surface area contributed by atoms with Gasteiger partial charge in [0.2, 0.25) is 0 Å². The summed E-state index contributed by atoms with van der Waals surface area (Å²) in [4.78, 5) is 36.2. The number of amides is 2. The number of carbonyl (C=O) groups is 3. The van der Waals surface area contributed by atoms with Crippen molar-refractivity contribution in [2.45, 2.75) is 13.8 Å². The molecule has 2 rings (SSSR count). The third-order valence-corrected chi connectivity index (χ3v) is 4.03. The standard InChI is InChI=1S/C16H17NO6S/c1-3-17-15(20)12(24-16(17)21)8-10-6-5-7-11(22-4-2)14(10)23-9-13(18)19/h5-8H,3-4,9H2,1-2H3,(H,18,19)/b12-8-. The Kier molecular flexibility index (Phi) is 5.86. The number of thioether (sulfide) groups is 1. The number of para-hydroxylation sites is 1. The van der Waals surface area contributed by atoms with Crippen molar-refractivity contribution in [3.63, 3.8) is 0 Å². The van der Waals surface area contributed by atoms with Crippen LogP contribution in [0.2, 0.25) is 0 Å². The third kappa shape index (κ3) is 3.88. The summed E-state index contributed by atoms with van der Waals surface area (Å²) in [6, 6.07) is 5.02. The summed E-state index contributed by atoms with van der Waals surface area (Å²) in [7, 11) is 0. The molecule has 0 bridgehead atoms. The maximum Gasteiger partial charge on any atom is 0.341 e. The van der Waals surface area contributed by atoms with Crippen LogP contribution in [0, 0.1) is 0 Å². The van der Waals surface area contributed by atoms with Gasteiger partial charge in [0.1, 0.15) is 0 Å². The van der Waals surface area contributed by atoms with Crippen molar-refractivity contribution in [3.05, 3.63) is 28.7 Å². The lowest BCUT2D eigenvalue weighted by molar-refractivity contribution is -0.139. The monoisotopic (exact) mass is 351 g/mol. The van der Waals surface area contributed by atoms with Crippen molar-refractivity contribution < 1.29 is 29.0 Å². The molecule has 0 aromatic heterocycles. The van der Waals surface area contributed by atoms with Crippen LogP contribution in [0.4, 0.5) is 4.79 Å². The fourth-order valence-corrected chi connectivity index (χ4v) is 3.01. The van der Waals surface area contributed by atoms with Crippen molar-refractivity contribution >= 4 is 35.0 Å². The molecule has 8 heteroatoms. The molecule has 0 aliphatic carbocycles. The van der Waals surface area contributed by atoms with Gasteiger partial charge in [-0.2, -0.15) is 0 Å². The lowest BCUT2D eigenvalue weighted by Gasteiger charge is -2.13. The van der Waals surface area contributed by atoms with E-state index in [0.717, 1.165) is 16.7 Å². The average molecular weight is 351 g/mol. The number of aliphatic carboxylic acids is 1. The summed E-state index contributed by atoms with van der Waals surface area (Å²) >= 11 is 0.839. The maximum atomic E-state index is 12.2. The van der Waals surface area contributed by atoms with Gasteiger partial charge >= 0.3 is 5.97 Å². The Labute approximate surface area is 143 Å². The van der Waals surface area contributed by atoms with Gasteiger partial charge in [0.05, 0.1) is 11.5 Å². The zero-order valence-electron chi connectivity index (χ0n) is 13.3. The molecule has 0 spiro atoms. The molecule has 1 aliphatic rings. The van der Waals surface area contributed by atoms with E-state index in [-0.39, 0.29) is 21.8 Å². The first-order chi connectivity index (χ1) is 11.5. The molecule has 1 saturated heterocycles. The normalized spacial score (nSPS) is 15.9. The summed E-state index contributed by atoms with van der Waals surface area (Å²) in [5.41, 5.74) is 0.476. The zero-order chi connectivity index (χ0) is 17.7. The minimum atomic E-state index is -1.13. The van der Waals surface area contributed by atoms with Gasteiger partial charge in [0, 0.05) is 12.1 Å². The lowest BCUT2D eigenvalue weighted by Crippen LogP contribution is -2.27. The first-order valence-corrected chi connectivity index (χ1v) is 8.15. The van der Waals surface area contributed by atoms with E-state index in [1.165, 1.54) is 6.08 Å². The molecule has 1 heterocycles. The average Bonchev–Trinajstić information content (AvgIpc) is 2.80. The Hall–Kier alpha value is -2.48. The molecule has 7 nitrogen and oxygen atoms in total. The maximum absolute atomic E-state index is 12.2. The molecule has 1 aliphatic heterocycles. The van der Waals surface area contributed by atoms with Crippen LogP contribution in [0.5, 0.6) is 11.5 Å². The summed E-state index contributed by atoms with van der Waals surface area (Å²) in [6.45, 7) is 3.64. The largest absolute Gasteiger partial charge is 0.490 e. The van der Waals surface area contributed by atoms with E-state index < -0.39 is 12.6 Å². The van der Waals surface area contributed by atoms with Crippen LogP contribution in [0.3, 0.4) is 0 Å². The van der Waals surface area contributed by atoms with Crippen LogP contribution < -0.4 is 9.47 Å². The minimum Gasteiger partial charge on any atom is -0.490 e. The van der Waals surface area contributed by atoms with E-state index in [1.807, 2.05) is 0 Å². The first-order valence-electron chi connectivity index (χ1n) is 7.33. The van der Waals surface area contributed by atoms with E-state index >= 15 is 0 Å². The summed E-state index contributed by atoms with van der Waals surface area (Å²) in [6.07, 6.45) is 1.51. The zero-order valence-corrected chi connectivity index (χ0v) is 14.1. The van der Waals surface area contributed by atoms with E-state index in [0.29, 0.717) is 24.5 Å². The van der Waals surface area contributed by atoms with Crippen LogP contribution in [0.1, 0.15) is 19.4 Å². The number of hydrogen-bond donors (Lipinski definition) is 1. The third-order valence-electron chi connectivity index (χ3n) is 3.13. The highest BCUT2D eigenvalue weighted by atomic mass is 32.2. The molecule has 1 N–H and O–H groups in total. The first kappa shape index (κ1) is 17.9. The number of rotatable bonds is 7. The molecule has 2 amide bonds. The Morgan fingerprint density at radius 1 is 1.29 bits per heavy atom. The van der Waals surface area contributed by atoms with Crippen molar-refractivity contribution in [2.24, 2.45) is 0 Å². The van der Waals surface area contributed by atoms with Crippen LogP contribution >= 0.6 is 11.8 Å². The molecule has 1 aromatic rings. The molecule has 128 valence electrons. The van der Waals surface area contributed by atoms with Gasteiger partial charge in [-0.3, -0.25) is 14.5 Å². The predicted octanol–water partition coefficient (Wildman–Crippen LogP) is 2.60. The Bertz CT molecular complexity index is 700. The quantitative estimate of drug-likeness (QED) is 0.755. The number of benzene rings is 1. The SMILES string of the molecule is CCOc1cccc(/C=C2\SC(=O)N(CC)C2=O)c1OCC(=O)O. The van der Waals surface area contributed by atoms with Gasteiger partial charge in [-0.05, 0) is 37.8 Å². The summed E-state index contributed by atoms with van der Waals surface area (Å²) < 4.78 is 10.8. The van der Waals surface area contributed by atoms with Gasteiger partial charge in [-0.25, -0.2) is 4.79 Å². The number of likely N-dealkylation sites (N-methyl/N-ethyl adjacent to an activating group) is 1. The van der Waals surface area contributed by atoms with Crippen LogP contribution in [0.25, 0.3) is 6.08 Å². The van der Waals surface area contributed by atoms with E-state index in [2.05, 4.69) is 0 Å². The van der Waals surface area contributed by atoms with Gasteiger partial charge in [0.15, 0.2) is 18.1 Å². The van der Waals surface area contributed by atoms with Crippen LogP contribution in [-0.2, 0) is 9.59 Å². The number of imide groups is 1. The fraction of sp³-hybridized carbons (Fsp3) is 0.312. The number of hydrogen-bond acceptors (Lipinski definition) is 6. The van der Waals surface area contributed by atoms with Crippen molar-refractivity contribution in [3.8, 4) is 11.5 Å². The molecule has 0 atom stereocenters. The van der Waals surface area contributed by atoms with Gasteiger partial charge in [0.25, 0.3) is 11.1 Å². The van der Waals surface area contributed by atoms with E-state index in [1.54, 1.807) is 32.0 Å². The minimum absolute atomic E-state index is 0.227. The predicted molar refractivity (Wildman–Crippen MR) is 89.1 cm³/mol. The number of carbonyl (C=O) groups excluding carboxylic acids is 2. The van der Waals surface area contributed by atoms with Crippen LogP contribution in [0.15, 0.2) is 23.1 Å². The Morgan fingerprint density at radius 3 is 2.62 bits per heavy atom. The summed E-state index contributed by atoms with van der Waals surface area (Å²) in [5, 5.41) is 8.49.